The van der Waals surface area contributed by atoms with Gasteiger partial charge in [0.05, 0.1) is 18.8 Å². The predicted molar refractivity (Wildman–Crippen MR) is 68.7 cm³/mol. The highest BCUT2D eigenvalue weighted by Gasteiger charge is 2.37. The fraction of sp³-hybridized carbons (Fsp3) is 0.923. The van der Waals surface area contributed by atoms with Crippen molar-refractivity contribution in [3.05, 3.63) is 0 Å². The van der Waals surface area contributed by atoms with E-state index >= 15 is 0 Å². The summed E-state index contributed by atoms with van der Waals surface area (Å²) in [6.07, 6.45) is 2.37. The summed E-state index contributed by atoms with van der Waals surface area (Å²) in [5.41, 5.74) is 0. The van der Waals surface area contributed by atoms with Gasteiger partial charge in [0.2, 0.25) is 5.91 Å². The second kappa shape index (κ2) is 6.97. The topological polar surface area (TPSA) is 41.6 Å². The van der Waals surface area contributed by atoms with E-state index < -0.39 is 0 Å². The third-order valence-corrected chi connectivity index (χ3v) is 3.22. The van der Waals surface area contributed by atoms with E-state index in [1.807, 2.05) is 11.8 Å². The van der Waals surface area contributed by atoms with Crippen molar-refractivity contribution in [2.75, 3.05) is 19.8 Å². The zero-order valence-corrected chi connectivity index (χ0v) is 11.5. The lowest BCUT2D eigenvalue weighted by Gasteiger charge is -2.20. The van der Waals surface area contributed by atoms with E-state index in [1.165, 1.54) is 0 Å². The maximum atomic E-state index is 12.1. The molecule has 0 aromatic heterocycles. The number of nitrogens with zero attached hydrogens (tertiary/aromatic N) is 1. The molecular weight excluding hydrogens is 216 g/mol. The van der Waals surface area contributed by atoms with Gasteiger partial charge in [-0.05, 0) is 19.3 Å². The molecular formula is C13H26N2O2. The van der Waals surface area contributed by atoms with E-state index in [0.717, 1.165) is 19.4 Å². The van der Waals surface area contributed by atoms with Gasteiger partial charge in [0, 0.05) is 13.2 Å². The molecule has 1 aliphatic rings. The van der Waals surface area contributed by atoms with Crippen LogP contribution in [-0.2, 0) is 9.53 Å². The number of hydrogen-bond acceptors (Lipinski definition) is 3. The van der Waals surface area contributed by atoms with Crippen LogP contribution in [0.2, 0.25) is 0 Å². The molecule has 1 amide bonds. The van der Waals surface area contributed by atoms with Gasteiger partial charge in [0.15, 0.2) is 0 Å². The van der Waals surface area contributed by atoms with E-state index in [0.29, 0.717) is 19.1 Å². The van der Waals surface area contributed by atoms with Crippen molar-refractivity contribution in [1.82, 2.24) is 10.2 Å². The highest BCUT2D eigenvalue weighted by atomic mass is 16.5. The lowest BCUT2D eigenvalue weighted by molar-refractivity contribution is -0.131. The number of nitrogens with one attached hydrogen (secondary N) is 1. The van der Waals surface area contributed by atoms with Crippen molar-refractivity contribution in [3.63, 3.8) is 0 Å². The Morgan fingerprint density at radius 1 is 1.41 bits per heavy atom. The Morgan fingerprint density at radius 3 is 2.65 bits per heavy atom. The Labute approximate surface area is 105 Å². The fourth-order valence-corrected chi connectivity index (χ4v) is 2.08. The number of amides is 1. The summed E-state index contributed by atoms with van der Waals surface area (Å²) in [5, 5.41) is 3.33. The summed E-state index contributed by atoms with van der Waals surface area (Å²) < 4.78 is 5.51. The third-order valence-electron chi connectivity index (χ3n) is 3.22. The van der Waals surface area contributed by atoms with Crippen LogP contribution in [0.15, 0.2) is 0 Å². The molecule has 1 N–H and O–H groups in total. The molecule has 0 bridgehead atoms. The highest BCUT2D eigenvalue weighted by molar-refractivity contribution is 5.84. The van der Waals surface area contributed by atoms with Gasteiger partial charge < -0.3 is 9.64 Å². The van der Waals surface area contributed by atoms with E-state index in [2.05, 4.69) is 26.1 Å². The number of ether oxygens (including phenoxy) is 1. The quantitative estimate of drug-likeness (QED) is 0.690. The first-order chi connectivity index (χ1) is 8.07. The zero-order valence-electron chi connectivity index (χ0n) is 11.5. The van der Waals surface area contributed by atoms with Gasteiger partial charge in [-0.1, -0.05) is 27.2 Å². The van der Waals surface area contributed by atoms with E-state index in [4.69, 9.17) is 4.74 Å². The van der Waals surface area contributed by atoms with Crippen LogP contribution in [0.3, 0.4) is 0 Å². The number of hydrogen-bond donors (Lipinski definition) is 1. The van der Waals surface area contributed by atoms with Crippen molar-refractivity contribution < 1.29 is 9.53 Å². The third kappa shape index (κ3) is 3.96. The molecule has 0 saturated carbocycles. The highest BCUT2D eigenvalue weighted by Crippen LogP contribution is 2.16. The Morgan fingerprint density at radius 2 is 2.12 bits per heavy atom. The van der Waals surface area contributed by atoms with Gasteiger partial charge in [0.1, 0.15) is 0 Å². The summed E-state index contributed by atoms with van der Waals surface area (Å²) in [6.45, 7) is 10.5. The van der Waals surface area contributed by atoms with Gasteiger partial charge in [-0.25, -0.2) is 0 Å². The van der Waals surface area contributed by atoms with E-state index in [1.54, 1.807) is 0 Å². The van der Waals surface area contributed by atoms with Crippen molar-refractivity contribution >= 4 is 5.91 Å². The van der Waals surface area contributed by atoms with Crippen LogP contribution in [0.4, 0.5) is 0 Å². The average molecular weight is 242 g/mol. The molecule has 1 fully saturated rings. The maximum absolute atomic E-state index is 12.1. The zero-order chi connectivity index (χ0) is 12.8. The van der Waals surface area contributed by atoms with Crippen LogP contribution >= 0.6 is 0 Å². The standard InChI is InChI=1S/C13H26N2O2/c1-5-6-8-17-9-7-15-11(4)14-12(10(2)3)13(15)16/h10-12,14H,5-9H2,1-4H3. The van der Waals surface area contributed by atoms with Gasteiger partial charge in [-0.3, -0.25) is 10.1 Å². The number of carbonyl (C=O) groups is 1. The van der Waals surface area contributed by atoms with Crippen LogP contribution < -0.4 is 5.32 Å². The molecule has 1 rings (SSSR count). The first-order valence-electron chi connectivity index (χ1n) is 6.72. The molecule has 0 aromatic carbocycles. The van der Waals surface area contributed by atoms with Gasteiger partial charge in [0.25, 0.3) is 0 Å². The van der Waals surface area contributed by atoms with Crippen molar-refractivity contribution in [2.24, 2.45) is 5.92 Å². The normalized spacial score (nSPS) is 25.0. The summed E-state index contributed by atoms with van der Waals surface area (Å²) in [6, 6.07) is -0.0272. The van der Waals surface area contributed by atoms with Crippen LogP contribution in [0, 0.1) is 5.92 Å². The lowest BCUT2D eigenvalue weighted by atomic mass is 10.1. The Hall–Kier alpha value is -0.610. The number of carbonyl (C=O) groups excluding carboxylic acids is 1. The molecule has 0 aliphatic carbocycles. The molecule has 4 nitrogen and oxygen atoms in total. The van der Waals surface area contributed by atoms with Gasteiger partial charge >= 0.3 is 0 Å². The van der Waals surface area contributed by atoms with Crippen molar-refractivity contribution in [2.45, 2.75) is 52.7 Å². The molecule has 0 radical (unpaired) electrons. The molecule has 100 valence electrons. The van der Waals surface area contributed by atoms with Crippen molar-refractivity contribution in [1.29, 1.82) is 0 Å². The lowest BCUT2D eigenvalue weighted by Crippen LogP contribution is -2.37. The molecule has 2 atom stereocenters. The van der Waals surface area contributed by atoms with Crippen LogP contribution in [-0.4, -0.2) is 42.8 Å². The molecule has 4 heteroatoms. The first-order valence-corrected chi connectivity index (χ1v) is 6.72. The van der Waals surface area contributed by atoms with Crippen LogP contribution in [0.1, 0.15) is 40.5 Å². The minimum atomic E-state index is -0.0272. The summed E-state index contributed by atoms with van der Waals surface area (Å²) >= 11 is 0. The SMILES string of the molecule is CCCCOCCN1C(=O)C(C(C)C)NC1C. The van der Waals surface area contributed by atoms with E-state index in [9.17, 15) is 4.79 Å². The van der Waals surface area contributed by atoms with Crippen molar-refractivity contribution in [3.8, 4) is 0 Å². The molecule has 1 heterocycles. The monoisotopic (exact) mass is 242 g/mol. The second-order valence-electron chi connectivity index (χ2n) is 5.06. The molecule has 1 saturated heterocycles. The fourth-order valence-electron chi connectivity index (χ4n) is 2.08. The largest absolute Gasteiger partial charge is 0.380 e. The smallest absolute Gasteiger partial charge is 0.241 e. The molecule has 2 unspecified atom stereocenters. The molecule has 1 aliphatic heterocycles. The first kappa shape index (κ1) is 14.5. The van der Waals surface area contributed by atoms with E-state index in [-0.39, 0.29) is 18.1 Å². The molecule has 0 aromatic rings. The van der Waals surface area contributed by atoms with Gasteiger partial charge in [-0.15, -0.1) is 0 Å². The summed E-state index contributed by atoms with van der Waals surface area (Å²) in [5.74, 6) is 0.558. The average Bonchev–Trinajstić information content (AvgIpc) is 2.56. The minimum Gasteiger partial charge on any atom is -0.380 e. The second-order valence-corrected chi connectivity index (χ2v) is 5.06. The molecule has 0 spiro atoms. The Bertz CT molecular complexity index is 244. The summed E-state index contributed by atoms with van der Waals surface area (Å²) in [4.78, 5) is 14.0. The number of unbranched alkanes of at least 4 members (excludes halogenated alkanes) is 1. The van der Waals surface area contributed by atoms with Crippen LogP contribution in [0.25, 0.3) is 0 Å². The Kier molecular flexibility index (Phi) is 5.92. The molecule has 17 heavy (non-hydrogen) atoms. The summed E-state index contributed by atoms with van der Waals surface area (Å²) in [7, 11) is 0. The van der Waals surface area contributed by atoms with Gasteiger partial charge in [-0.2, -0.15) is 0 Å². The minimum absolute atomic E-state index is 0.0272. The predicted octanol–water partition coefficient (Wildman–Crippen LogP) is 1.61. The number of rotatable bonds is 7. The Balaban J connectivity index is 2.31. The van der Waals surface area contributed by atoms with Crippen LogP contribution in [0.5, 0.6) is 0 Å². The maximum Gasteiger partial charge on any atom is 0.241 e.